The van der Waals surface area contributed by atoms with Crippen molar-refractivity contribution in [2.45, 2.75) is 13.3 Å². The number of halogens is 2. The molecule has 3 N–H and O–H groups in total. The molecule has 0 saturated heterocycles. The van der Waals surface area contributed by atoms with Crippen molar-refractivity contribution in [1.29, 1.82) is 0 Å². The van der Waals surface area contributed by atoms with Gasteiger partial charge in [0.05, 0.1) is 17.7 Å². The molecule has 0 aromatic heterocycles. The molecule has 0 aliphatic rings. The van der Waals surface area contributed by atoms with Gasteiger partial charge in [0.1, 0.15) is 18.2 Å². The number of esters is 1. The van der Waals surface area contributed by atoms with Gasteiger partial charge in [-0.15, -0.1) is 0 Å². The molecule has 0 heterocycles. The van der Waals surface area contributed by atoms with E-state index in [-0.39, 0.29) is 18.9 Å². The van der Waals surface area contributed by atoms with Crippen LogP contribution >= 0.6 is 0 Å². The van der Waals surface area contributed by atoms with Gasteiger partial charge >= 0.3 is 5.97 Å². The number of amides is 1. The van der Waals surface area contributed by atoms with Gasteiger partial charge in [-0.3, -0.25) is 4.79 Å². The van der Waals surface area contributed by atoms with E-state index in [1.807, 2.05) is 0 Å². The standard InChI is InChI=1S/C12H14F2N2O3/c1-2-16-11(17)3-4-19-12(18)7-5-9(14)10(15)6-8(7)13/h5-6H,2-4,15H2,1H3,(H,16,17). The minimum atomic E-state index is -1.04. The molecule has 0 bridgehead atoms. The lowest BCUT2D eigenvalue weighted by atomic mass is 10.2. The van der Waals surface area contributed by atoms with Gasteiger partial charge in [-0.05, 0) is 13.0 Å². The Morgan fingerprint density at radius 2 is 2.00 bits per heavy atom. The molecule has 0 fully saturated rings. The summed E-state index contributed by atoms with van der Waals surface area (Å²) in [6.45, 7) is 2.00. The van der Waals surface area contributed by atoms with Crippen LogP contribution in [0.4, 0.5) is 14.5 Å². The van der Waals surface area contributed by atoms with Crippen LogP contribution in [0.1, 0.15) is 23.7 Å². The van der Waals surface area contributed by atoms with E-state index in [0.717, 1.165) is 0 Å². The third-order valence-electron chi connectivity index (χ3n) is 2.24. The number of nitrogens with one attached hydrogen (secondary N) is 1. The molecule has 0 spiro atoms. The van der Waals surface area contributed by atoms with Gasteiger partial charge in [-0.1, -0.05) is 0 Å². The van der Waals surface area contributed by atoms with Gasteiger partial charge in [-0.2, -0.15) is 0 Å². The second-order valence-corrected chi connectivity index (χ2v) is 3.69. The first kappa shape index (κ1) is 14.9. The third kappa shape index (κ3) is 4.20. The number of hydrogen-bond acceptors (Lipinski definition) is 4. The van der Waals surface area contributed by atoms with Crippen LogP contribution in [0.3, 0.4) is 0 Å². The smallest absolute Gasteiger partial charge is 0.341 e. The summed E-state index contributed by atoms with van der Waals surface area (Å²) >= 11 is 0. The van der Waals surface area contributed by atoms with E-state index >= 15 is 0 Å². The topological polar surface area (TPSA) is 81.4 Å². The van der Waals surface area contributed by atoms with E-state index in [1.54, 1.807) is 6.92 Å². The van der Waals surface area contributed by atoms with E-state index in [1.165, 1.54) is 0 Å². The van der Waals surface area contributed by atoms with Crippen LogP contribution in [-0.2, 0) is 9.53 Å². The van der Waals surface area contributed by atoms with Crippen molar-refractivity contribution in [3.63, 3.8) is 0 Å². The molecule has 0 atom stereocenters. The fraction of sp³-hybridized carbons (Fsp3) is 0.333. The van der Waals surface area contributed by atoms with E-state index in [4.69, 9.17) is 5.73 Å². The maximum absolute atomic E-state index is 13.4. The largest absolute Gasteiger partial charge is 0.461 e. The SMILES string of the molecule is CCNC(=O)CCOC(=O)c1cc(F)c(N)cc1F. The van der Waals surface area contributed by atoms with Crippen molar-refractivity contribution < 1.29 is 23.1 Å². The molecule has 1 aromatic rings. The summed E-state index contributed by atoms with van der Waals surface area (Å²) in [5, 5.41) is 2.51. The predicted octanol–water partition coefficient (Wildman–Crippen LogP) is 1.23. The molecule has 0 aliphatic carbocycles. The first-order chi connectivity index (χ1) is 8.95. The maximum atomic E-state index is 13.4. The number of nitrogens with two attached hydrogens (primary N) is 1. The average Bonchev–Trinajstić information content (AvgIpc) is 2.34. The highest BCUT2D eigenvalue weighted by Gasteiger charge is 2.16. The quantitative estimate of drug-likeness (QED) is 0.624. The highest BCUT2D eigenvalue weighted by molar-refractivity contribution is 5.90. The van der Waals surface area contributed by atoms with Crippen LogP contribution in [0.2, 0.25) is 0 Å². The number of carbonyl (C=O) groups is 2. The molecule has 0 radical (unpaired) electrons. The Kier molecular flexibility index (Phi) is 5.23. The molecule has 104 valence electrons. The Hall–Kier alpha value is -2.18. The third-order valence-corrected chi connectivity index (χ3v) is 2.24. The van der Waals surface area contributed by atoms with Crippen LogP contribution in [0.5, 0.6) is 0 Å². The summed E-state index contributed by atoms with van der Waals surface area (Å²) < 4.78 is 31.1. The first-order valence-electron chi connectivity index (χ1n) is 5.64. The van der Waals surface area contributed by atoms with Crippen molar-refractivity contribution in [3.05, 3.63) is 29.3 Å². The van der Waals surface area contributed by atoms with Gasteiger partial charge in [-0.25, -0.2) is 13.6 Å². The molecular weight excluding hydrogens is 258 g/mol. The van der Waals surface area contributed by atoms with E-state index < -0.39 is 28.9 Å². The predicted molar refractivity (Wildman–Crippen MR) is 64.4 cm³/mol. The zero-order valence-electron chi connectivity index (χ0n) is 10.3. The molecule has 5 nitrogen and oxygen atoms in total. The van der Waals surface area contributed by atoms with Crippen molar-refractivity contribution in [3.8, 4) is 0 Å². The van der Waals surface area contributed by atoms with Crippen LogP contribution in [0, 0.1) is 11.6 Å². The summed E-state index contributed by atoms with van der Waals surface area (Å²) in [5.74, 6) is -3.21. The summed E-state index contributed by atoms with van der Waals surface area (Å²) in [5.41, 5.74) is 4.20. The highest BCUT2D eigenvalue weighted by atomic mass is 19.1. The number of carbonyl (C=O) groups excluding carboxylic acids is 2. The van der Waals surface area contributed by atoms with E-state index in [9.17, 15) is 18.4 Å². The Morgan fingerprint density at radius 3 is 2.63 bits per heavy atom. The number of nitrogen functional groups attached to an aromatic ring is 1. The molecular formula is C12H14F2N2O3. The van der Waals surface area contributed by atoms with Gasteiger partial charge in [0, 0.05) is 12.6 Å². The zero-order valence-corrected chi connectivity index (χ0v) is 10.3. The van der Waals surface area contributed by atoms with E-state index in [0.29, 0.717) is 18.7 Å². The lowest BCUT2D eigenvalue weighted by Gasteiger charge is -2.07. The number of ether oxygens (including phenoxy) is 1. The fourth-order valence-electron chi connectivity index (χ4n) is 1.32. The fourth-order valence-corrected chi connectivity index (χ4v) is 1.32. The summed E-state index contributed by atoms with van der Waals surface area (Å²) in [6.07, 6.45) is -0.0430. The molecule has 0 unspecified atom stereocenters. The molecule has 7 heteroatoms. The number of benzene rings is 1. The van der Waals surface area contributed by atoms with Crippen molar-refractivity contribution in [2.75, 3.05) is 18.9 Å². The normalized spacial score (nSPS) is 10.1. The second kappa shape index (κ2) is 6.67. The second-order valence-electron chi connectivity index (χ2n) is 3.69. The molecule has 1 amide bonds. The Balaban J connectivity index is 2.59. The minimum absolute atomic E-state index is 0.0430. The molecule has 0 aliphatic heterocycles. The van der Waals surface area contributed by atoms with E-state index in [2.05, 4.69) is 10.1 Å². The lowest BCUT2D eigenvalue weighted by molar-refractivity contribution is -0.121. The molecule has 1 aromatic carbocycles. The Morgan fingerprint density at radius 1 is 1.32 bits per heavy atom. The van der Waals surface area contributed by atoms with Crippen LogP contribution in [0.25, 0.3) is 0 Å². The molecule has 0 saturated carbocycles. The lowest BCUT2D eigenvalue weighted by Crippen LogP contribution is -2.24. The van der Waals surface area contributed by atoms with Gasteiger partial charge < -0.3 is 15.8 Å². The maximum Gasteiger partial charge on any atom is 0.341 e. The van der Waals surface area contributed by atoms with Crippen LogP contribution in [-0.4, -0.2) is 25.0 Å². The van der Waals surface area contributed by atoms with Gasteiger partial charge in [0.15, 0.2) is 0 Å². The zero-order chi connectivity index (χ0) is 14.4. The number of rotatable bonds is 5. The summed E-state index contributed by atoms with van der Waals surface area (Å²) in [4.78, 5) is 22.5. The first-order valence-corrected chi connectivity index (χ1v) is 5.64. The monoisotopic (exact) mass is 272 g/mol. The van der Waals surface area contributed by atoms with Crippen LogP contribution in [0.15, 0.2) is 12.1 Å². The van der Waals surface area contributed by atoms with Crippen molar-refractivity contribution >= 4 is 17.6 Å². The van der Waals surface area contributed by atoms with Gasteiger partial charge in [0.2, 0.25) is 5.91 Å². The minimum Gasteiger partial charge on any atom is -0.461 e. The number of anilines is 1. The summed E-state index contributed by atoms with van der Waals surface area (Å²) in [7, 11) is 0. The highest BCUT2D eigenvalue weighted by Crippen LogP contribution is 2.17. The van der Waals surface area contributed by atoms with Gasteiger partial charge in [0.25, 0.3) is 0 Å². The Labute approximate surface area is 108 Å². The molecule has 1 rings (SSSR count). The van der Waals surface area contributed by atoms with Crippen LogP contribution < -0.4 is 11.1 Å². The van der Waals surface area contributed by atoms with Crippen molar-refractivity contribution in [2.24, 2.45) is 0 Å². The Bertz CT molecular complexity index is 492. The average molecular weight is 272 g/mol. The van der Waals surface area contributed by atoms with Crippen molar-refractivity contribution in [1.82, 2.24) is 5.32 Å². The molecule has 19 heavy (non-hydrogen) atoms. The summed E-state index contributed by atoms with van der Waals surface area (Å²) in [6, 6.07) is 1.37. The number of hydrogen-bond donors (Lipinski definition) is 2.